The monoisotopic (exact) mass is 1090 g/mol. The fourth-order valence-electron chi connectivity index (χ4n) is 11.2. The second-order valence-corrected chi connectivity index (χ2v) is 22.6. The summed E-state index contributed by atoms with van der Waals surface area (Å²) in [5, 5.41) is 6.15. The molecule has 17 heteroatoms. The number of anilines is 4. The molecule has 6 aromatic carbocycles. The highest BCUT2D eigenvalue weighted by Crippen LogP contribution is 2.37. The molecule has 4 aliphatic rings. The van der Waals surface area contributed by atoms with Crippen LogP contribution in [0.25, 0.3) is 21.5 Å². The Bertz CT molecular complexity index is 3520. The van der Waals surface area contributed by atoms with Gasteiger partial charge in [0.05, 0.1) is 35.3 Å². The SMILES string of the molecule is CSc1nc2c(c(N3CCN(C(=O)OCc4ccccc4)CC3)n1)CCN(c1cc(C)cc3ccccc13)C2.Cc1cc(N2CCc3c(nc(S(C)=O)nc3N3CCN(C(=O)OCc4ccccc4)CC3)C2)c2ccccc2c1. The molecule has 2 fully saturated rings. The number of rotatable bonds is 10. The van der Waals surface area contributed by atoms with E-state index in [4.69, 9.17) is 29.4 Å². The molecule has 12 rings (SSSR count). The summed E-state index contributed by atoms with van der Waals surface area (Å²) in [4.78, 5) is 57.8. The van der Waals surface area contributed by atoms with Crippen LogP contribution in [0, 0.1) is 13.8 Å². The molecule has 1 unspecified atom stereocenters. The second kappa shape index (κ2) is 24.1. The van der Waals surface area contributed by atoms with Crippen LogP contribution in [0.15, 0.2) is 144 Å². The third kappa shape index (κ3) is 12.1. The zero-order chi connectivity index (χ0) is 54.4. The molecule has 1 atom stereocenters. The maximum Gasteiger partial charge on any atom is 0.410 e. The van der Waals surface area contributed by atoms with E-state index in [1.807, 2.05) is 66.9 Å². The first kappa shape index (κ1) is 53.3. The summed E-state index contributed by atoms with van der Waals surface area (Å²) < 4.78 is 23.7. The molecule has 2 saturated heterocycles. The number of benzene rings is 6. The molecular formula is C62H66N10O5S2. The van der Waals surface area contributed by atoms with Gasteiger partial charge < -0.3 is 38.9 Å². The van der Waals surface area contributed by atoms with Crippen molar-refractivity contribution < 1.29 is 23.3 Å². The van der Waals surface area contributed by atoms with Crippen LogP contribution in [0.3, 0.4) is 0 Å². The van der Waals surface area contributed by atoms with E-state index >= 15 is 0 Å². The Kier molecular flexibility index (Phi) is 16.2. The number of aromatic nitrogens is 4. The Morgan fingerprint density at radius 2 is 0.949 bits per heavy atom. The molecule has 0 saturated carbocycles. The van der Waals surface area contributed by atoms with Gasteiger partial charge in [-0.2, -0.15) is 0 Å². The van der Waals surface area contributed by atoms with Crippen molar-refractivity contribution in [3.8, 4) is 0 Å². The number of hydrogen-bond acceptors (Lipinski definition) is 14. The molecule has 0 N–H and O–H groups in total. The van der Waals surface area contributed by atoms with Gasteiger partial charge in [0, 0.05) is 105 Å². The first-order chi connectivity index (χ1) is 38.5. The van der Waals surface area contributed by atoms with Crippen LogP contribution in [-0.2, 0) is 59.4 Å². The van der Waals surface area contributed by atoms with Gasteiger partial charge >= 0.3 is 12.2 Å². The maximum atomic E-state index is 12.7. The Balaban J connectivity index is 0.000000167. The smallest absolute Gasteiger partial charge is 0.410 e. The van der Waals surface area contributed by atoms with Crippen LogP contribution in [-0.4, -0.2) is 124 Å². The number of amides is 2. The molecule has 0 spiro atoms. The van der Waals surface area contributed by atoms with Gasteiger partial charge in [-0.25, -0.2) is 29.5 Å². The quantitative estimate of drug-likeness (QED) is 0.0947. The van der Waals surface area contributed by atoms with Gasteiger partial charge in [-0.05, 0) is 78.1 Å². The highest BCUT2D eigenvalue weighted by Gasteiger charge is 2.32. The predicted molar refractivity (Wildman–Crippen MR) is 316 cm³/mol. The van der Waals surface area contributed by atoms with E-state index in [0.29, 0.717) is 57.6 Å². The van der Waals surface area contributed by atoms with Crippen molar-refractivity contribution in [3.63, 3.8) is 0 Å². The molecule has 79 heavy (non-hydrogen) atoms. The van der Waals surface area contributed by atoms with Crippen LogP contribution in [0.1, 0.15) is 44.8 Å². The van der Waals surface area contributed by atoms with E-state index in [1.165, 1.54) is 49.6 Å². The molecule has 6 heterocycles. The first-order valence-corrected chi connectivity index (χ1v) is 29.9. The van der Waals surface area contributed by atoms with Crippen molar-refractivity contribution in [2.75, 3.05) is 97.6 Å². The molecule has 406 valence electrons. The molecule has 4 aliphatic heterocycles. The van der Waals surface area contributed by atoms with Crippen molar-refractivity contribution in [2.45, 2.75) is 63.3 Å². The molecule has 0 radical (unpaired) electrons. The highest BCUT2D eigenvalue weighted by molar-refractivity contribution is 7.98. The van der Waals surface area contributed by atoms with E-state index in [0.717, 1.165) is 90.4 Å². The van der Waals surface area contributed by atoms with Crippen LogP contribution in [0.5, 0.6) is 0 Å². The normalized spacial score (nSPS) is 15.7. The van der Waals surface area contributed by atoms with Gasteiger partial charge in [0.1, 0.15) is 24.8 Å². The number of carbonyl (C=O) groups excluding carboxylic acids is 2. The number of nitrogens with zero attached hydrogens (tertiary/aromatic N) is 10. The summed E-state index contributed by atoms with van der Waals surface area (Å²) in [6.07, 6.45) is 4.78. The number of piperazine rings is 2. The number of ether oxygens (including phenoxy) is 2. The van der Waals surface area contributed by atoms with E-state index in [2.05, 4.69) is 106 Å². The van der Waals surface area contributed by atoms with Gasteiger partial charge in [0.25, 0.3) is 0 Å². The van der Waals surface area contributed by atoms with Crippen molar-refractivity contribution >= 4 is 79.3 Å². The van der Waals surface area contributed by atoms with Gasteiger partial charge in [-0.15, -0.1) is 0 Å². The lowest BCUT2D eigenvalue weighted by Gasteiger charge is -2.38. The van der Waals surface area contributed by atoms with Crippen molar-refractivity contribution in [3.05, 3.63) is 178 Å². The highest BCUT2D eigenvalue weighted by atomic mass is 32.2. The van der Waals surface area contributed by atoms with Crippen LogP contribution >= 0.6 is 11.8 Å². The van der Waals surface area contributed by atoms with E-state index in [-0.39, 0.29) is 18.8 Å². The van der Waals surface area contributed by atoms with E-state index in [1.54, 1.807) is 27.8 Å². The molecule has 0 aliphatic carbocycles. The van der Waals surface area contributed by atoms with Crippen molar-refractivity contribution in [1.82, 2.24) is 29.7 Å². The Morgan fingerprint density at radius 3 is 1.41 bits per heavy atom. The summed E-state index contributed by atoms with van der Waals surface area (Å²) in [5.74, 6) is 1.87. The lowest BCUT2D eigenvalue weighted by atomic mass is 10.0. The summed E-state index contributed by atoms with van der Waals surface area (Å²) in [6, 6.07) is 45.6. The molecule has 2 aromatic heterocycles. The largest absolute Gasteiger partial charge is 0.445 e. The van der Waals surface area contributed by atoms with Crippen LogP contribution in [0.4, 0.5) is 32.6 Å². The maximum absolute atomic E-state index is 12.7. The van der Waals surface area contributed by atoms with Crippen molar-refractivity contribution in [2.24, 2.45) is 0 Å². The molecule has 8 aromatic rings. The Labute approximate surface area is 469 Å². The zero-order valence-electron chi connectivity index (χ0n) is 45.3. The number of thioether (sulfide) groups is 1. The second-order valence-electron chi connectivity index (χ2n) is 20.6. The van der Waals surface area contributed by atoms with Crippen molar-refractivity contribution in [1.29, 1.82) is 0 Å². The lowest BCUT2D eigenvalue weighted by Crippen LogP contribution is -2.49. The molecule has 0 bridgehead atoms. The van der Waals surface area contributed by atoms with Gasteiger partial charge in [-0.1, -0.05) is 133 Å². The average molecular weight is 1100 g/mol. The average Bonchev–Trinajstić information content (AvgIpc) is 3.55. The van der Waals surface area contributed by atoms with E-state index < -0.39 is 10.8 Å². The summed E-state index contributed by atoms with van der Waals surface area (Å²) in [5.41, 5.74) is 11.3. The fraction of sp³-hybridized carbons (Fsp3) is 0.323. The summed E-state index contributed by atoms with van der Waals surface area (Å²) in [6.45, 7) is 13.0. The van der Waals surface area contributed by atoms with Crippen LogP contribution in [0.2, 0.25) is 0 Å². The first-order valence-electron chi connectivity index (χ1n) is 27.1. The number of fused-ring (bicyclic) bond motifs is 4. The Hall–Kier alpha value is -7.76. The minimum Gasteiger partial charge on any atom is -0.445 e. The molecule has 15 nitrogen and oxygen atoms in total. The number of aryl methyl sites for hydroxylation is 2. The molecule has 2 amide bonds. The standard InChI is InChI=1S/C31H33N5O3S.C31H33N5O2S/c1-22-18-24-10-6-7-11-25(24)28(19-22)36-13-12-26-27(20-36)32-30(40(2)38)33-29(26)34-14-16-35(17-15-34)31(37)39-21-23-8-4-3-5-9-23;1-22-18-24-10-6-7-11-25(24)28(19-22)36-13-12-26-27(20-36)32-30(39-2)33-29(26)34-14-16-35(17-15-34)31(37)38-21-23-8-4-3-5-9-23/h3-11,18-19H,12-17,20-21H2,1-2H3;3-11,18-19H,12-17,20-21H2,1-2H3. The van der Waals surface area contributed by atoms with Crippen LogP contribution < -0.4 is 19.6 Å². The number of hydrogen-bond donors (Lipinski definition) is 0. The topological polar surface area (TPSA) is 141 Å². The minimum atomic E-state index is -1.31. The summed E-state index contributed by atoms with van der Waals surface area (Å²) in [7, 11) is -1.31. The fourth-order valence-corrected chi connectivity index (χ4v) is 12.0. The lowest BCUT2D eigenvalue weighted by molar-refractivity contribution is 0.0934. The van der Waals surface area contributed by atoms with Gasteiger partial charge in [0.2, 0.25) is 5.16 Å². The third-order valence-electron chi connectivity index (χ3n) is 15.2. The Morgan fingerprint density at radius 1 is 0.519 bits per heavy atom. The van der Waals surface area contributed by atoms with E-state index in [9.17, 15) is 13.8 Å². The minimum absolute atomic E-state index is 0.256. The summed E-state index contributed by atoms with van der Waals surface area (Å²) >= 11 is 1.58. The third-order valence-corrected chi connectivity index (χ3v) is 16.5. The predicted octanol–water partition coefficient (Wildman–Crippen LogP) is 10.4. The number of carbonyl (C=O) groups is 2. The molecular weight excluding hydrogens is 1030 g/mol. The van der Waals surface area contributed by atoms with Gasteiger partial charge in [-0.3, -0.25) is 4.21 Å². The zero-order valence-corrected chi connectivity index (χ0v) is 47.0. The van der Waals surface area contributed by atoms with Gasteiger partial charge in [0.15, 0.2) is 5.16 Å².